The molecule has 0 unspecified atom stereocenters. The van der Waals surface area contributed by atoms with Crippen molar-refractivity contribution in [3.8, 4) is 17.2 Å². The molecule has 2 rings (SSSR count). The fourth-order valence-electron chi connectivity index (χ4n) is 2.15. The van der Waals surface area contributed by atoms with E-state index >= 15 is 0 Å². The van der Waals surface area contributed by atoms with E-state index < -0.39 is 0 Å². The summed E-state index contributed by atoms with van der Waals surface area (Å²) >= 11 is 0. The third kappa shape index (κ3) is 4.64. The van der Waals surface area contributed by atoms with Gasteiger partial charge in [0.05, 0.1) is 14.2 Å². The molecule has 0 heterocycles. The van der Waals surface area contributed by atoms with Crippen LogP contribution in [0.25, 0.3) is 0 Å². The first-order chi connectivity index (χ1) is 11.0. The maximum atomic E-state index is 12.0. The van der Waals surface area contributed by atoms with Crippen molar-refractivity contribution in [2.45, 2.75) is 13.8 Å². The number of carbonyl (C=O) groups excluding carboxylic acids is 1. The summed E-state index contributed by atoms with van der Waals surface area (Å²) in [6.45, 7) is 3.87. The van der Waals surface area contributed by atoms with E-state index in [1.807, 2.05) is 32.0 Å². The second kappa shape index (κ2) is 7.54. The zero-order valence-corrected chi connectivity index (χ0v) is 13.8. The van der Waals surface area contributed by atoms with E-state index in [0.717, 1.165) is 16.8 Å². The Hall–Kier alpha value is -2.69. The Bertz CT molecular complexity index is 675. The maximum Gasteiger partial charge on any atom is 0.262 e. The lowest BCUT2D eigenvalue weighted by atomic mass is 10.1. The molecule has 0 fully saturated rings. The van der Waals surface area contributed by atoms with Crippen LogP contribution in [0.2, 0.25) is 0 Å². The van der Waals surface area contributed by atoms with Crippen molar-refractivity contribution in [1.82, 2.24) is 0 Å². The number of nitrogens with one attached hydrogen (secondary N) is 1. The monoisotopic (exact) mass is 315 g/mol. The minimum absolute atomic E-state index is 0.0936. The smallest absolute Gasteiger partial charge is 0.262 e. The van der Waals surface area contributed by atoms with Gasteiger partial charge in [0.25, 0.3) is 5.91 Å². The topological polar surface area (TPSA) is 56.8 Å². The average molecular weight is 315 g/mol. The van der Waals surface area contributed by atoms with Gasteiger partial charge in [0.15, 0.2) is 6.61 Å². The number of carbonyl (C=O) groups is 1. The van der Waals surface area contributed by atoms with Crippen LogP contribution in [-0.2, 0) is 4.79 Å². The molecule has 122 valence electrons. The number of methoxy groups -OCH3 is 2. The summed E-state index contributed by atoms with van der Waals surface area (Å²) in [5, 5.41) is 2.84. The summed E-state index contributed by atoms with van der Waals surface area (Å²) in [5.74, 6) is 1.50. The summed E-state index contributed by atoms with van der Waals surface area (Å²) in [5.41, 5.74) is 2.95. The van der Waals surface area contributed by atoms with E-state index in [1.165, 1.54) is 0 Å². The fourth-order valence-corrected chi connectivity index (χ4v) is 2.15. The van der Waals surface area contributed by atoms with Crippen molar-refractivity contribution in [1.29, 1.82) is 0 Å². The number of hydrogen-bond donors (Lipinski definition) is 1. The number of benzene rings is 2. The van der Waals surface area contributed by atoms with E-state index in [0.29, 0.717) is 17.2 Å². The zero-order valence-electron chi connectivity index (χ0n) is 13.8. The third-order valence-electron chi connectivity index (χ3n) is 3.35. The Morgan fingerprint density at radius 2 is 1.57 bits per heavy atom. The molecule has 0 saturated carbocycles. The van der Waals surface area contributed by atoms with E-state index in [4.69, 9.17) is 14.2 Å². The van der Waals surface area contributed by atoms with Gasteiger partial charge >= 0.3 is 0 Å². The molecule has 5 nitrogen and oxygen atoms in total. The predicted octanol–water partition coefficient (Wildman–Crippen LogP) is 3.34. The molecule has 2 aromatic rings. The highest BCUT2D eigenvalue weighted by molar-refractivity contribution is 5.92. The molecule has 2 aromatic carbocycles. The van der Waals surface area contributed by atoms with E-state index in [1.54, 1.807) is 32.4 Å². The van der Waals surface area contributed by atoms with Crippen molar-refractivity contribution >= 4 is 11.6 Å². The van der Waals surface area contributed by atoms with Crippen LogP contribution in [0.3, 0.4) is 0 Å². The standard InChI is InChI=1S/C18H21NO4/c1-12-5-6-17(13(2)7-12)19-18(20)11-23-16-9-14(21-3)8-15(10-16)22-4/h5-10H,11H2,1-4H3,(H,19,20). The van der Waals surface area contributed by atoms with Crippen LogP contribution in [0.5, 0.6) is 17.2 Å². The Labute approximate surface area is 136 Å². The molecule has 0 aromatic heterocycles. The van der Waals surface area contributed by atoms with Crippen molar-refractivity contribution < 1.29 is 19.0 Å². The van der Waals surface area contributed by atoms with Crippen LogP contribution in [0.4, 0.5) is 5.69 Å². The van der Waals surface area contributed by atoms with Gasteiger partial charge in [0.1, 0.15) is 17.2 Å². The summed E-state index contributed by atoms with van der Waals surface area (Å²) in [4.78, 5) is 12.0. The molecule has 23 heavy (non-hydrogen) atoms. The summed E-state index contributed by atoms with van der Waals surface area (Å²) in [6, 6.07) is 11.0. The molecule has 0 radical (unpaired) electrons. The molecule has 0 aliphatic rings. The van der Waals surface area contributed by atoms with Crippen LogP contribution in [0, 0.1) is 13.8 Å². The van der Waals surface area contributed by atoms with Gasteiger partial charge in [0, 0.05) is 23.9 Å². The average Bonchev–Trinajstić information content (AvgIpc) is 2.55. The fraction of sp³-hybridized carbons (Fsp3) is 0.278. The summed E-state index contributed by atoms with van der Waals surface area (Å²) < 4.78 is 15.8. The number of rotatable bonds is 6. The highest BCUT2D eigenvalue weighted by Gasteiger charge is 2.08. The quantitative estimate of drug-likeness (QED) is 0.888. The van der Waals surface area contributed by atoms with Crippen LogP contribution >= 0.6 is 0 Å². The number of anilines is 1. The minimum Gasteiger partial charge on any atom is -0.496 e. The lowest BCUT2D eigenvalue weighted by Gasteiger charge is -2.12. The molecule has 0 atom stereocenters. The Kier molecular flexibility index (Phi) is 5.46. The van der Waals surface area contributed by atoms with Crippen LogP contribution in [0.1, 0.15) is 11.1 Å². The minimum atomic E-state index is -0.223. The molecule has 5 heteroatoms. The number of aryl methyl sites for hydroxylation is 2. The number of amides is 1. The van der Waals surface area contributed by atoms with E-state index in [9.17, 15) is 4.79 Å². The first-order valence-corrected chi connectivity index (χ1v) is 7.25. The molecule has 1 amide bonds. The highest BCUT2D eigenvalue weighted by atomic mass is 16.5. The van der Waals surface area contributed by atoms with E-state index in [-0.39, 0.29) is 12.5 Å². The molecular formula is C18H21NO4. The summed E-state index contributed by atoms with van der Waals surface area (Å²) in [7, 11) is 3.12. The molecule has 0 aliphatic heterocycles. The van der Waals surface area contributed by atoms with Crippen LogP contribution in [0.15, 0.2) is 36.4 Å². The van der Waals surface area contributed by atoms with Gasteiger partial charge in [-0.15, -0.1) is 0 Å². The lowest BCUT2D eigenvalue weighted by molar-refractivity contribution is -0.118. The molecule has 0 saturated heterocycles. The van der Waals surface area contributed by atoms with Crippen molar-refractivity contribution in [2.24, 2.45) is 0 Å². The van der Waals surface area contributed by atoms with E-state index in [2.05, 4.69) is 5.32 Å². The maximum absolute atomic E-state index is 12.0. The largest absolute Gasteiger partial charge is 0.496 e. The summed E-state index contributed by atoms with van der Waals surface area (Å²) in [6.07, 6.45) is 0. The first-order valence-electron chi connectivity index (χ1n) is 7.25. The number of hydrogen-bond acceptors (Lipinski definition) is 4. The SMILES string of the molecule is COc1cc(OC)cc(OCC(=O)Nc2ccc(C)cc2C)c1. The molecule has 0 aliphatic carbocycles. The van der Waals surface area contributed by atoms with Gasteiger partial charge in [0.2, 0.25) is 0 Å². The van der Waals surface area contributed by atoms with Crippen molar-refractivity contribution in [2.75, 3.05) is 26.1 Å². The van der Waals surface area contributed by atoms with Crippen molar-refractivity contribution in [3.05, 3.63) is 47.5 Å². The molecule has 0 spiro atoms. The lowest BCUT2D eigenvalue weighted by Crippen LogP contribution is -2.20. The normalized spacial score (nSPS) is 10.1. The van der Waals surface area contributed by atoms with Gasteiger partial charge in [-0.2, -0.15) is 0 Å². The van der Waals surface area contributed by atoms with Gasteiger partial charge < -0.3 is 19.5 Å². The second-order valence-electron chi connectivity index (χ2n) is 5.20. The Morgan fingerprint density at radius 3 is 2.13 bits per heavy atom. The van der Waals surface area contributed by atoms with Gasteiger partial charge in [-0.3, -0.25) is 4.79 Å². The third-order valence-corrected chi connectivity index (χ3v) is 3.35. The Balaban J connectivity index is 1.99. The van der Waals surface area contributed by atoms with Gasteiger partial charge in [-0.05, 0) is 25.5 Å². The molecular weight excluding hydrogens is 294 g/mol. The predicted molar refractivity (Wildman–Crippen MR) is 89.6 cm³/mol. The molecule has 1 N–H and O–H groups in total. The Morgan fingerprint density at radius 1 is 0.957 bits per heavy atom. The van der Waals surface area contributed by atoms with Crippen molar-refractivity contribution in [3.63, 3.8) is 0 Å². The van der Waals surface area contributed by atoms with Crippen LogP contribution < -0.4 is 19.5 Å². The number of ether oxygens (including phenoxy) is 3. The van der Waals surface area contributed by atoms with Crippen LogP contribution in [-0.4, -0.2) is 26.7 Å². The van der Waals surface area contributed by atoms with Gasteiger partial charge in [-0.1, -0.05) is 17.7 Å². The highest BCUT2D eigenvalue weighted by Crippen LogP contribution is 2.27. The second-order valence-corrected chi connectivity index (χ2v) is 5.20. The molecule has 0 bridgehead atoms. The zero-order chi connectivity index (χ0) is 16.8. The first kappa shape index (κ1) is 16.7. The van der Waals surface area contributed by atoms with Gasteiger partial charge in [-0.25, -0.2) is 0 Å².